The first-order valence-electron chi connectivity index (χ1n) is 7.83. The Kier molecular flexibility index (Phi) is 4.18. The zero-order valence-corrected chi connectivity index (χ0v) is 11.8. The molecule has 0 amide bonds. The summed E-state index contributed by atoms with van der Waals surface area (Å²) >= 11 is 0. The number of nitrogens with zero attached hydrogens (tertiary/aromatic N) is 3. The van der Waals surface area contributed by atoms with Crippen LogP contribution >= 0.6 is 0 Å². The van der Waals surface area contributed by atoms with E-state index in [1.165, 1.54) is 57.2 Å². The summed E-state index contributed by atoms with van der Waals surface area (Å²) in [5.74, 6) is 0. The van der Waals surface area contributed by atoms with Crippen LogP contribution in [0.25, 0.3) is 0 Å². The Hall–Kier alpha value is -0.870. The fourth-order valence-electron chi connectivity index (χ4n) is 3.47. The van der Waals surface area contributed by atoms with Gasteiger partial charge in [-0.3, -0.25) is 9.58 Å². The van der Waals surface area contributed by atoms with Crippen LogP contribution in [-0.4, -0.2) is 33.8 Å². The summed E-state index contributed by atoms with van der Waals surface area (Å²) in [7, 11) is 0. The highest BCUT2D eigenvalue weighted by Crippen LogP contribution is 2.27. The molecule has 1 aromatic heterocycles. The smallest absolute Gasteiger partial charge is 0.0764 e. The molecule has 106 valence electrons. The maximum atomic E-state index is 6.03. The van der Waals surface area contributed by atoms with E-state index in [4.69, 9.17) is 10.8 Å². The summed E-state index contributed by atoms with van der Waals surface area (Å²) in [6.45, 7) is 3.16. The van der Waals surface area contributed by atoms with Gasteiger partial charge >= 0.3 is 0 Å². The first-order valence-corrected chi connectivity index (χ1v) is 7.83. The van der Waals surface area contributed by atoms with Crippen molar-refractivity contribution in [3.63, 3.8) is 0 Å². The number of rotatable bonds is 3. The third-order valence-electron chi connectivity index (χ3n) is 4.54. The molecule has 0 radical (unpaired) electrons. The third kappa shape index (κ3) is 3.37. The largest absolute Gasteiger partial charge is 0.327 e. The van der Waals surface area contributed by atoms with Crippen LogP contribution in [0.15, 0.2) is 12.3 Å². The Morgan fingerprint density at radius 3 is 2.79 bits per heavy atom. The Bertz CT molecular complexity index is 395. The molecule has 2 aliphatic rings. The highest BCUT2D eigenvalue weighted by molar-refractivity contribution is 5.00. The van der Waals surface area contributed by atoms with Crippen molar-refractivity contribution < 1.29 is 0 Å². The average Bonchev–Trinajstić information content (AvgIpc) is 2.88. The zero-order valence-electron chi connectivity index (χ0n) is 11.8. The van der Waals surface area contributed by atoms with Crippen molar-refractivity contribution in [3.8, 4) is 0 Å². The van der Waals surface area contributed by atoms with Crippen LogP contribution in [0.5, 0.6) is 0 Å². The second kappa shape index (κ2) is 6.06. The van der Waals surface area contributed by atoms with Crippen molar-refractivity contribution in [2.75, 3.05) is 13.1 Å². The molecule has 1 aliphatic heterocycles. The molecule has 1 unspecified atom stereocenters. The highest BCUT2D eigenvalue weighted by atomic mass is 15.3. The van der Waals surface area contributed by atoms with E-state index in [1.807, 2.05) is 0 Å². The van der Waals surface area contributed by atoms with Crippen molar-refractivity contribution in [2.24, 2.45) is 5.73 Å². The van der Waals surface area contributed by atoms with Crippen LogP contribution in [0, 0.1) is 0 Å². The van der Waals surface area contributed by atoms with Gasteiger partial charge in [0.25, 0.3) is 0 Å². The first-order chi connectivity index (χ1) is 9.31. The molecule has 2 fully saturated rings. The van der Waals surface area contributed by atoms with Crippen molar-refractivity contribution in [1.29, 1.82) is 0 Å². The Morgan fingerprint density at radius 2 is 2.00 bits per heavy atom. The summed E-state index contributed by atoms with van der Waals surface area (Å²) in [6.07, 6.45) is 11.3. The van der Waals surface area contributed by atoms with E-state index in [-0.39, 0.29) is 0 Å². The van der Waals surface area contributed by atoms with E-state index < -0.39 is 0 Å². The number of likely N-dealkylation sites (tertiary alicyclic amines) is 1. The minimum absolute atomic E-state index is 0.356. The molecule has 19 heavy (non-hydrogen) atoms. The van der Waals surface area contributed by atoms with E-state index in [0.717, 1.165) is 13.1 Å². The Morgan fingerprint density at radius 1 is 1.16 bits per heavy atom. The monoisotopic (exact) mass is 262 g/mol. The van der Waals surface area contributed by atoms with Crippen LogP contribution in [0.3, 0.4) is 0 Å². The molecule has 0 bridgehead atoms. The molecule has 0 spiro atoms. The van der Waals surface area contributed by atoms with Gasteiger partial charge in [-0.25, -0.2) is 0 Å². The molecule has 2 N–H and O–H groups in total. The van der Waals surface area contributed by atoms with Gasteiger partial charge in [0.05, 0.1) is 11.7 Å². The molecule has 1 saturated carbocycles. The van der Waals surface area contributed by atoms with Gasteiger partial charge in [-0.15, -0.1) is 0 Å². The number of nitrogens with two attached hydrogens (primary N) is 1. The molecule has 1 aromatic rings. The SMILES string of the molecule is NC1CCCN(Cc2ccn(C3CCCCC3)n2)C1. The standard InChI is InChI=1S/C15H26N4/c16-13-5-4-9-18(11-13)12-14-8-10-19(17-14)15-6-2-1-3-7-15/h8,10,13,15H,1-7,9,11-12,16H2. The van der Waals surface area contributed by atoms with Gasteiger partial charge in [0.15, 0.2) is 0 Å². The van der Waals surface area contributed by atoms with Gasteiger partial charge in [0.2, 0.25) is 0 Å². The molecule has 4 nitrogen and oxygen atoms in total. The summed E-state index contributed by atoms with van der Waals surface area (Å²) in [4.78, 5) is 2.45. The molecule has 4 heteroatoms. The third-order valence-corrected chi connectivity index (χ3v) is 4.54. The molecular weight excluding hydrogens is 236 g/mol. The average molecular weight is 262 g/mol. The van der Waals surface area contributed by atoms with E-state index in [1.54, 1.807) is 0 Å². The van der Waals surface area contributed by atoms with Gasteiger partial charge < -0.3 is 5.73 Å². The number of aromatic nitrogens is 2. The quantitative estimate of drug-likeness (QED) is 0.909. The molecule has 2 heterocycles. The van der Waals surface area contributed by atoms with E-state index in [9.17, 15) is 0 Å². The predicted octanol–water partition coefficient (Wildman–Crippen LogP) is 2.31. The molecule has 0 aromatic carbocycles. The lowest BCUT2D eigenvalue weighted by atomic mass is 9.96. The van der Waals surface area contributed by atoms with Crippen molar-refractivity contribution in [2.45, 2.75) is 63.6 Å². The summed E-state index contributed by atoms with van der Waals surface area (Å²) < 4.78 is 2.21. The van der Waals surface area contributed by atoms with Gasteiger partial charge in [-0.1, -0.05) is 19.3 Å². The minimum atomic E-state index is 0.356. The number of hydrogen-bond donors (Lipinski definition) is 1. The van der Waals surface area contributed by atoms with E-state index >= 15 is 0 Å². The second-order valence-electron chi connectivity index (χ2n) is 6.22. The molecular formula is C15H26N4. The summed E-state index contributed by atoms with van der Waals surface area (Å²) in [5, 5.41) is 4.79. The fraction of sp³-hybridized carbons (Fsp3) is 0.800. The maximum Gasteiger partial charge on any atom is 0.0764 e. The van der Waals surface area contributed by atoms with Crippen molar-refractivity contribution >= 4 is 0 Å². The van der Waals surface area contributed by atoms with Crippen LogP contribution in [-0.2, 0) is 6.54 Å². The number of hydrogen-bond acceptors (Lipinski definition) is 3. The summed E-state index contributed by atoms with van der Waals surface area (Å²) in [5.41, 5.74) is 7.24. The fourth-order valence-corrected chi connectivity index (χ4v) is 3.47. The lowest BCUT2D eigenvalue weighted by molar-refractivity contribution is 0.198. The summed E-state index contributed by atoms with van der Waals surface area (Å²) in [6, 6.07) is 3.19. The lowest BCUT2D eigenvalue weighted by Crippen LogP contribution is -2.42. The zero-order chi connectivity index (χ0) is 13.1. The maximum absolute atomic E-state index is 6.03. The minimum Gasteiger partial charge on any atom is -0.327 e. The van der Waals surface area contributed by atoms with Crippen LogP contribution in [0.1, 0.15) is 56.7 Å². The van der Waals surface area contributed by atoms with E-state index in [2.05, 4.69) is 21.8 Å². The van der Waals surface area contributed by atoms with Gasteiger partial charge in [-0.2, -0.15) is 5.10 Å². The van der Waals surface area contributed by atoms with Gasteiger partial charge in [0.1, 0.15) is 0 Å². The molecule has 1 aliphatic carbocycles. The second-order valence-corrected chi connectivity index (χ2v) is 6.22. The van der Waals surface area contributed by atoms with Crippen LogP contribution in [0.4, 0.5) is 0 Å². The lowest BCUT2D eigenvalue weighted by Gasteiger charge is -2.30. The predicted molar refractivity (Wildman–Crippen MR) is 76.8 cm³/mol. The molecule has 3 rings (SSSR count). The molecule has 1 saturated heterocycles. The number of piperidine rings is 1. The van der Waals surface area contributed by atoms with Gasteiger partial charge in [-0.05, 0) is 38.3 Å². The molecule has 1 atom stereocenters. The normalized spacial score (nSPS) is 26.7. The van der Waals surface area contributed by atoms with Crippen LogP contribution < -0.4 is 5.73 Å². The Balaban J connectivity index is 1.58. The Labute approximate surface area is 116 Å². The van der Waals surface area contributed by atoms with E-state index in [0.29, 0.717) is 12.1 Å². The van der Waals surface area contributed by atoms with Crippen molar-refractivity contribution in [3.05, 3.63) is 18.0 Å². The first kappa shape index (κ1) is 13.1. The highest BCUT2D eigenvalue weighted by Gasteiger charge is 2.19. The van der Waals surface area contributed by atoms with Crippen molar-refractivity contribution in [1.82, 2.24) is 14.7 Å². The van der Waals surface area contributed by atoms with Gasteiger partial charge in [0, 0.05) is 25.3 Å². The van der Waals surface area contributed by atoms with Crippen LogP contribution in [0.2, 0.25) is 0 Å². The topological polar surface area (TPSA) is 47.1 Å².